The third-order valence-corrected chi connectivity index (χ3v) is 3.18. The van der Waals surface area contributed by atoms with E-state index in [1.165, 1.54) is 0 Å². The van der Waals surface area contributed by atoms with Crippen molar-refractivity contribution in [2.24, 2.45) is 0 Å². The summed E-state index contributed by atoms with van der Waals surface area (Å²) in [5.74, 6) is 0.507. The molecule has 3 nitrogen and oxygen atoms in total. The molecule has 2 rings (SSSR count). The van der Waals surface area contributed by atoms with E-state index in [4.69, 9.17) is 9.47 Å². The molecule has 0 N–H and O–H groups in total. The van der Waals surface area contributed by atoms with Crippen LogP contribution in [0.15, 0.2) is 24.8 Å². The Balaban J connectivity index is 2.60. The average molecular weight is 232 g/mol. The van der Waals surface area contributed by atoms with Gasteiger partial charge >= 0.3 is 5.97 Å². The van der Waals surface area contributed by atoms with Gasteiger partial charge in [-0.3, -0.25) is 0 Å². The van der Waals surface area contributed by atoms with Gasteiger partial charge in [0.05, 0.1) is 12.7 Å². The van der Waals surface area contributed by atoms with Crippen LogP contribution in [0.4, 0.5) is 0 Å². The molecule has 0 fully saturated rings. The number of hydrogen-bond acceptors (Lipinski definition) is 3. The number of carbonyl (C=O) groups is 1. The first-order valence-corrected chi connectivity index (χ1v) is 5.55. The summed E-state index contributed by atoms with van der Waals surface area (Å²) >= 11 is 0. The molecule has 1 atom stereocenters. The van der Waals surface area contributed by atoms with Gasteiger partial charge in [0.1, 0.15) is 11.4 Å². The fourth-order valence-electron chi connectivity index (χ4n) is 2.26. The Morgan fingerprint density at radius 2 is 2.24 bits per heavy atom. The zero-order chi connectivity index (χ0) is 12.6. The summed E-state index contributed by atoms with van der Waals surface area (Å²) in [6, 6.07) is 3.71. The molecular formula is C14H16O3. The second kappa shape index (κ2) is 3.91. The van der Waals surface area contributed by atoms with Crippen molar-refractivity contribution < 1.29 is 14.3 Å². The predicted octanol–water partition coefficient (Wildman–Crippen LogP) is 2.97. The molecule has 1 unspecified atom stereocenters. The smallest absolute Gasteiger partial charge is 0.339 e. The van der Waals surface area contributed by atoms with Gasteiger partial charge in [-0.1, -0.05) is 6.08 Å². The van der Waals surface area contributed by atoms with Gasteiger partial charge in [0.2, 0.25) is 0 Å². The van der Waals surface area contributed by atoms with Crippen LogP contribution in [0.2, 0.25) is 0 Å². The van der Waals surface area contributed by atoms with Gasteiger partial charge in [-0.05, 0) is 31.5 Å². The van der Waals surface area contributed by atoms with E-state index >= 15 is 0 Å². The molecule has 0 bridgehead atoms. The molecule has 90 valence electrons. The number of ether oxygens (including phenoxy) is 2. The molecule has 0 amide bonds. The van der Waals surface area contributed by atoms with E-state index in [0.717, 1.165) is 16.9 Å². The number of aryl methyl sites for hydroxylation is 1. The van der Waals surface area contributed by atoms with Crippen molar-refractivity contribution in [3.63, 3.8) is 0 Å². The fraction of sp³-hybridized carbons (Fsp3) is 0.357. The fourth-order valence-corrected chi connectivity index (χ4v) is 2.26. The highest BCUT2D eigenvalue weighted by Gasteiger charge is 2.41. The van der Waals surface area contributed by atoms with Gasteiger partial charge in [-0.2, -0.15) is 0 Å². The van der Waals surface area contributed by atoms with E-state index in [2.05, 4.69) is 6.58 Å². The Bertz CT molecular complexity index is 490. The maximum atomic E-state index is 11.8. The summed E-state index contributed by atoms with van der Waals surface area (Å²) in [5.41, 5.74) is 1.83. The molecule has 0 saturated carbocycles. The van der Waals surface area contributed by atoms with Crippen molar-refractivity contribution in [1.82, 2.24) is 0 Å². The Labute approximate surface area is 101 Å². The van der Waals surface area contributed by atoms with E-state index in [9.17, 15) is 4.79 Å². The van der Waals surface area contributed by atoms with Crippen LogP contribution in [-0.2, 0) is 10.3 Å². The minimum Gasteiger partial charge on any atom is -0.496 e. The van der Waals surface area contributed by atoms with Gasteiger partial charge in [0.25, 0.3) is 0 Å². The maximum Gasteiger partial charge on any atom is 0.339 e. The molecule has 0 aliphatic carbocycles. The zero-order valence-corrected chi connectivity index (χ0v) is 10.4. The van der Waals surface area contributed by atoms with Gasteiger partial charge in [0, 0.05) is 12.0 Å². The lowest BCUT2D eigenvalue weighted by molar-refractivity contribution is 0.00237. The summed E-state index contributed by atoms with van der Waals surface area (Å²) in [5, 5.41) is 0. The molecule has 17 heavy (non-hydrogen) atoms. The highest BCUT2D eigenvalue weighted by molar-refractivity contribution is 5.95. The second-order valence-electron chi connectivity index (χ2n) is 4.48. The van der Waals surface area contributed by atoms with E-state index in [-0.39, 0.29) is 5.97 Å². The Morgan fingerprint density at radius 1 is 1.53 bits per heavy atom. The molecule has 3 heteroatoms. The number of carbonyl (C=O) groups excluding carboxylic acids is 1. The summed E-state index contributed by atoms with van der Waals surface area (Å²) in [7, 11) is 1.62. The predicted molar refractivity (Wildman–Crippen MR) is 65.3 cm³/mol. The number of cyclic esters (lactones) is 1. The van der Waals surface area contributed by atoms with E-state index in [1.807, 2.05) is 26.0 Å². The number of rotatable bonds is 3. The molecule has 0 spiro atoms. The van der Waals surface area contributed by atoms with Gasteiger partial charge < -0.3 is 9.47 Å². The van der Waals surface area contributed by atoms with Gasteiger partial charge in [0.15, 0.2) is 0 Å². The minimum absolute atomic E-state index is 0.268. The molecule has 0 saturated heterocycles. The standard InChI is InChI=1S/C14H16O3/c1-5-6-14(3)11-8-12(16-4)9(2)7-10(11)13(15)17-14/h5,7-8H,1,6H2,2-4H3. The van der Waals surface area contributed by atoms with Crippen molar-refractivity contribution in [1.29, 1.82) is 0 Å². The Morgan fingerprint density at radius 3 is 2.82 bits per heavy atom. The molecule has 1 aromatic rings. The van der Waals surface area contributed by atoms with Gasteiger partial charge in [-0.15, -0.1) is 6.58 Å². The van der Waals surface area contributed by atoms with Crippen molar-refractivity contribution >= 4 is 5.97 Å². The van der Waals surface area contributed by atoms with E-state index < -0.39 is 5.60 Å². The first kappa shape index (κ1) is 11.7. The summed E-state index contributed by atoms with van der Waals surface area (Å²) in [6.07, 6.45) is 2.35. The first-order valence-electron chi connectivity index (χ1n) is 5.55. The number of benzene rings is 1. The normalized spacial score (nSPS) is 21.9. The van der Waals surface area contributed by atoms with Crippen molar-refractivity contribution in [3.05, 3.63) is 41.5 Å². The molecule has 1 aliphatic rings. The van der Waals surface area contributed by atoms with Crippen LogP contribution in [0.5, 0.6) is 5.75 Å². The largest absolute Gasteiger partial charge is 0.496 e. The molecule has 1 aliphatic heterocycles. The minimum atomic E-state index is -0.616. The first-order chi connectivity index (χ1) is 8.01. The summed E-state index contributed by atoms with van der Waals surface area (Å²) < 4.78 is 10.7. The lowest BCUT2D eigenvalue weighted by Gasteiger charge is -2.22. The van der Waals surface area contributed by atoms with E-state index in [0.29, 0.717) is 12.0 Å². The highest BCUT2D eigenvalue weighted by Crippen LogP contribution is 2.41. The third-order valence-electron chi connectivity index (χ3n) is 3.18. The van der Waals surface area contributed by atoms with Crippen molar-refractivity contribution in [2.45, 2.75) is 25.9 Å². The Kier molecular flexibility index (Phi) is 2.69. The molecule has 1 aromatic carbocycles. The maximum absolute atomic E-state index is 11.8. The lowest BCUT2D eigenvalue weighted by atomic mass is 9.90. The van der Waals surface area contributed by atoms with Crippen LogP contribution < -0.4 is 4.74 Å². The van der Waals surface area contributed by atoms with Crippen molar-refractivity contribution in [2.75, 3.05) is 7.11 Å². The monoisotopic (exact) mass is 232 g/mol. The summed E-state index contributed by atoms with van der Waals surface area (Å²) in [4.78, 5) is 11.8. The lowest BCUT2D eigenvalue weighted by Crippen LogP contribution is -2.20. The topological polar surface area (TPSA) is 35.5 Å². The Hall–Kier alpha value is -1.77. The highest BCUT2D eigenvalue weighted by atomic mass is 16.6. The number of fused-ring (bicyclic) bond motifs is 1. The van der Waals surface area contributed by atoms with Crippen LogP contribution in [-0.4, -0.2) is 13.1 Å². The summed E-state index contributed by atoms with van der Waals surface area (Å²) in [6.45, 7) is 7.51. The third kappa shape index (κ3) is 1.71. The SMILES string of the molecule is C=CCC1(C)OC(=O)c2cc(C)c(OC)cc21. The second-order valence-corrected chi connectivity index (χ2v) is 4.48. The van der Waals surface area contributed by atoms with Crippen LogP contribution >= 0.6 is 0 Å². The number of esters is 1. The van der Waals surface area contributed by atoms with Crippen molar-refractivity contribution in [3.8, 4) is 5.75 Å². The molecule has 0 radical (unpaired) electrons. The average Bonchev–Trinajstić information content (AvgIpc) is 2.50. The molecule has 1 heterocycles. The van der Waals surface area contributed by atoms with Crippen LogP contribution in [0, 0.1) is 6.92 Å². The van der Waals surface area contributed by atoms with Crippen LogP contribution in [0.25, 0.3) is 0 Å². The quantitative estimate of drug-likeness (QED) is 0.593. The van der Waals surface area contributed by atoms with Crippen LogP contribution in [0.3, 0.4) is 0 Å². The number of hydrogen-bond donors (Lipinski definition) is 0. The molecule has 0 aromatic heterocycles. The van der Waals surface area contributed by atoms with Gasteiger partial charge in [-0.25, -0.2) is 4.79 Å². The zero-order valence-electron chi connectivity index (χ0n) is 10.4. The number of methoxy groups -OCH3 is 1. The molecular weight excluding hydrogens is 216 g/mol. The van der Waals surface area contributed by atoms with Crippen LogP contribution in [0.1, 0.15) is 34.8 Å². The van der Waals surface area contributed by atoms with E-state index in [1.54, 1.807) is 13.2 Å².